The number of aromatic nitrogens is 1. The highest BCUT2D eigenvalue weighted by atomic mass is 32.1. The maximum atomic E-state index is 12.8. The van der Waals surface area contributed by atoms with E-state index < -0.39 is 0 Å². The van der Waals surface area contributed by atoms with Crippen LogP contribution in [0.5, 0.6) is 0 Å². The Kier molecular flexibility index (Phi) is 4.34. The van der Waals surface area contributed by atoms with Gasteiger partial charge in [-0.15, -0.1) is 11.3 Å². The molecule has 0 saturated heterocycles. The minimum Gasteiger partial charge on any atom is -0.467 e. The van der Waals surface area contributed by atoms with Crippen molar-refractivity contribution in [1.82, 2.24) is 9.88 Å². The molecule has 0 fully saturated rings. The summed E-state index contributed by atoms with van der Waals surface area (Å²) in [5.74, 6) is 0.756. The summed E-state index contributed by atoms with van der Waals surface area (Å²) in [6, 6.07) is 13.7. The molecule has 2 heterocycles. The number of aryl methyl sites for hydroxylation is 1. The van der Waals surface area contributed by atoms with E-state index in [1.165, 1.54) is 11.3 Å². The van der Waals surface area contributed by atoms with E-state index in [9.17, 15) is 4.79 Å². The highest BCUT2D eigenvalue weighted by Gasteiger charge is 2.21. The van der Waals surface area contributed by atoms with Crippen molar-refractivity contribution in [3.05, 3.63) is 76.1 Å². The third kappa shape index (κ3) is 3.26. The number of carbonyl (C=O) groups is 1. The first-order chi connectivity index (χ1) is 10.7. The molecular formula is C17H16N2O2S. The Balaban J connectivity index is 1.85. The summed E-state index contributed by atoms with van der Waals surface area (Å²) in [5.41, 5.74) is 3.56. The molecule has 0 aliphatic carbocycles. The zero-order chi connectivity index (χ0) is 15.4. The summed E-state index contributed by atoms with van der Waals surface area (Å²) < 4.78 is 5.39. The molecule has 4 nitrogen and oxygen atoms in total. The van der Waals surface area contributed by atoms with Crippen molar-refractivity contribution in [1.29, 1.82) is 0 Å². The van der Waals surface area contributed by atoms with Crippen LogP contribution in [0, 0.1) is 6.92 Å². The Labute approximate surface area is 133 Å². The summed E-state index contributed by atoms with van der Waals surface area (Å²) in [7, 11) is 0. The van der Waals surface area contributed by atoms with Crippen LogP contribution in [0.2, 0.25) is 0 Å². The lowest BCUT2D eigenvalue weighted by molar-refractivity contribution is 0.0721. The zero-order valence-corrected chi connectivity index (χ0v) is 13.0. The van der Waals surface area contributed by atoms with Crippen LogP contribution in [0.15, 0.2) is 58.7 Å². The maximum absolute atomic E-state index is 12.8. The lowest BCUT2D eigenvalue weighted by Gasteiger charge is -2.21. The molecule has 0 aliphatic rings. The first-order valence-corrected chi connectivity index (χ1v) is 7.87. The van der Waals surface area contributed by atoms with E-state index in [1.54, 1.807) is 16.7 Å². The summed E-state index contributed by atoms with van der Waals surface area (Å²) in [6.45, 7) is 2.84. The number of hydrogen-bond acceptors (Lipinski definition) is 4. The summed E-state index contributed by atoms with van der Waals surface area (Å²) in [5, 5.41) is 0. The first kappa shape index (κ1) is 14.5. The van der Waals surface area contributed by atoms with Crippen molar-refractivity contribution in [3.8, 4) is 0 Å². The molecule has 0 bridgehead atoms. The first-order valence-electron chi connectivity index (χ1n) is 6.99. The molecule has 5 heteroatoms. The quantitative estimate of drug-likeness (QED) is 0.718. The number of rotatable bonds is 5. The lowest BCUT2D eigenvalue weighted by Crippen LogP contribution is -2.29. The molecule has 0 atom stereocenters. The summed E-state index contributed by atoms with van der Waals surface area (Å²) in [4.78, 5) is 19.5. The predicted octanol–water partition coefficient (Wildman–Crippen LogP) is 3.89. The molecule has 2 aromatic heterocycles. The van der Waals surface area contributed by atoms with Crippen LogP contribution in [-0.4, -0.2) is 15.8 Å². The Morgan fingerprint density at radius 3 is 2.64 bits per heavy atom. The van der Waals surface area contributed by atoms with Crippen LogP contribution in [0.4, 0.5) is 0 Å². The van der Waals surface area contributed by atoms with E-state index in [4.69, 9.17) is 4.42 Å². The van der Waals surface area contributed by atoms with Gasteiger partial charge in [0.2, 0.25) is 0 Å². The van der Waals surface area contributed by atoms with Crippen molar-refractivity contribution in [2.24, 2.45) is 0 Å². The average Bonchev–Trinajstić information content (AvgIpc) is 3.18. The fraction of sp³-hybridized carbons (Fsp3) is 0.176. The van der Waals surface area contributed by atoms with Crippen molar-refractivity contribution < 1.29 is 9.21 Å². The highest BCUT2D eigenvalue weighted by Crippen LogP contribution is 2.19. The highest BCUT2D eigenvalue weighted by molar-refractivity contribution is 7.11. The molecule has 0 radical (unpaired) electrons. The molecule has 1 amide bonds. The number of nitrogens with zero attached hydrogens (tertiary/aromatic N) is 2. The Hall–Kier alpha value is -2.40. The van der Waals surface area contributed by atoms with Gasteiger partial charge in [0.05, 0.1) is 24.0 Å². The van der Waals surface area contributed by atoms with Gasteiger partial charge < -0.3 is 9.32 Å². The van der Waals surface area contributed by atoms with E-state index in [0.717, 1.165) is 17.0 Å². The van der Waals surface area contributed by atoms with Gasteiger partial charge in [0.1, 0.15) is 10.6 Å². The third-order valence-corrected chi connectivity index (χ3v) is 4.29. The van der Waals surface area contributed by atoms with Crippen molar-refractivity contribution >= 4 is 17.2 Å². The summed E-state index contributed by atoms with van der Waals surface area (Å²) >= 11 is 1.38. The number of furan rings is 1. The second-order valence-corrected chi connectivity index (χ2v) is 5.85. The van der Waals surface area contributed by atoms with Gasteiger partial charge in [-0.3, -0.25) is 4.79 Å². The van der Waals surface area contributed by atoms with E-state index in [0.29, 0.717) is 18.0 Å². The average molecular weight is 312 g/mol. The van der Waals surface area contributed by atoms with Crippen LogP contribution in [0.3, 0.4) is 0 Å². The fourth-order valence-electron chi connectivity index (χ4n) is 2.24. The Bertz CT molecular complexity index is 735. The van der Waals surface area contributed by atoms with Gasteiger partial charge in [0.25, 0.3) is 5.91 Å². The molecule has 112 valence electrons. The monoisotopic (exact) mass is 312 g/mol. The topological polar surface area (TPSA) is 46.3 Å². The second-order valence-electron chi connectivity index (χ2n) is 4.99. The van der Waals surface area contributed by atoms with Crippen LogP contribution in [-0.2, 0) is 13.1 Å². The van der Waals surface area contributed by atoms with E-state index in [2.05, 4.69) is 4.98 Å². The second kappa shape index (κ2) is 6.58. The van der Waals surface area contributed by atoms with Crippen molar-refractivity contribution in [2.45, 2.75) is 20.0 Å². The molecule has 0 unspecified atom stereocenters. The van der Waals surface area contributed by atoms with Crippen LogP contribution in [0.25, 0.3) is 0 Å². The van der Waals surface area contributed by atoms with Crippen LogP contribution in [0.1, 0.15) is 26.7 Å². The molecule has 3 rings (SSSR count). The largest absolute Gasteiger partial charge is 0.467 e. The molecular weight excluding hydrogens is 296 g/mol. The SMILES string of the molecule is Cc1ncsc1C(=O)N(Cc1ccccc1)Cc1ccco1. The fourth-order valence-corrected chi connectivity index (χ4v) is 3.01. The minimum atomic E-state index is -0.0137. The number of carbonyl (C=O) groups excluding carboxylic acids is 1. The van der Waals surface area contributed by atoms with Gasteiger partial charge in [0, 0.05) is 6.54 Å². The Morgan fingerprint density at radius 2 is 2.00 bits per heavy atom. The van der Waals surface area contributed by atoms with Crippen molar-refractivity contribution in [2.75, 3.05) is 0 Å². The standard InChI is InChI=1S/C17H16N2O2S/c1-13-16(22-12-18-13)17(20)19(11-15-8-5-9-21-15)10-14-6-3-2-4-7-14/h2-9,12H,10-11H2,1H3. The predicted molar refractivity (Wildman–Crippen MR) is 85.6 cm³/mol. The van der Waals surface area contributed by atoms with Gasteiger partial charge in [-0.25, -0.2) is 4.98 Å². The molecule has 0 aliphatic heterocycles. The van der Waals surface area contributed by atoms with E-state index in [1.807, 2.05) is 49.4 Å². The van der Waals surface area contributed by atoms with Gasteiger partial charge in [-0.1, -0.05) is 30.3 Å². The van der Waals surface area contributed by atoms with Gasteiger partial charge in [-0.05, 0) is 24.6 Å². The van der Waals surface area contributed by atoms with Gasteiger partial charge in [0.15, 0.2) is 0 Å². The molecule has 3 aromatic rings. The van der Waals surface area contributed by atoms with Gasteiger partial charge in [-0.2, -0.15) is 0 Å². The molecule has 1 aromatic carbocycles. The van der Waals surface area contributed by atoms with E-state index in [-0.39, 0.29) is 5.91 Å². The number of thiazole rings is 1. The molecule has 22 heavy (non-hydrogen) atoms. The lowest BCUT2D eigenvalue weighted by atomic mass is 10.2. The van der Waals surface area contributed by atoms with E-state index >= 15 is 0 Å². The summed E-state index contributed by atoms with van der Waals surface area (Å²) in [6.07, 6.45) is 1.62. The smallest absolute Gasteiger partial charge is 0.266 e. The molecule has 0 saturated carbocycles. The maximum Gasteiger partial charge on any atom is 0.266 e. The van der Waals surface area contributed by atoms with Crippen molar-refractivity contribution in [3.63, 3.8) is 0 Å². The number of amides is 1. The molecule has 0 spiro atoms. The normalized spacial score (nSPS) is 10.6. The molecule has 0 N–H and O–H groups in total. The zero-order valence-electron chi connectivity index (χ0n) is 12.2. The van der Waals surface area contributed by atoms with Crippen LogP contribution < -0.4 is 0 Å². The minimum absolute atomic E-state index is 0.0137. The number of hydrogen-bond donors (Lipinski definition) is 0. The van der Waals surface area contributed by atoms with Crippen LogP contribution >= 0.6 is 11.3 Å². The Morgan fingerprint density at radius 1 is 1.18 bits per heavy atom. The third-order valence-electron chi connectivity index (χ3n) is 3.37. The van der Waals surface area contributed by atoms with Gasteiger partial charge >= 0.3 is 0 Å². The number of benzene rings is 1.